The second-order valence-corrected chi connectivity index (χ2v) is 7.37. The number of benzene rings is 2. The minimum Gasteiger partial charge on any atom is -0.361 e. The lowest BCUT2D eigenvalue weighted by atomic mass is 10.0. The molecule has 1 saturated carbocycles. The van der Waals surface area contributed by atoms with Crippen LogP contribution in [0.3, 0.4) is 0 Å². The van der Waals surface area contributed by atoms with Crippen LogP contribution in [-0.4, -0.2) is 26.6 Å². The van der Waals surface area contributed by atoms with Gasteiger partial charge in [0.1, 0.15) is 6.17 Å². The fourth-order valence-electron chi connectivity index (χ4n) is 4.08. The van der Waals surface area contributed by atoms with Crippen molar-refractivity contribution < 1.29 is 4.79 Å². The van der Waals surface area contributed by atoms with Crippen molar-refractivity contribution in [2.45, 2.75) is 38.9 Å². The summed E-state index contributed by atoms with van der Waals surface area (Å²) >= 11 is 0. The smallest absolute Gasteiger partial charge is 0.258 e. The van der Waals surface area contributed by atoms with Gasteiger partial charge in [-0.3, -0.25) is 4.79 Å². The van der Waals surface area contributed by atoms with Gasteiger partial charge in [0.2, 0.25) is 0 Å². The summed E-state index contributed by atoms with van der Waals surface area (Å²) < 4.78 is 1.97. The van der Waals surface area contributed by atoms with Gasteiger partial charge in [0.05, 0.1) is 16.9 Å². The molecule has 2 heterocycles. The lowest BCUT2D eigenvalue weighted by Crippen LogP contribution is -2.44. The highest BCUT2D eigenvalue weighted by Gasteiger charge is 2.43. The summed E-state index contributed by atoms with van der Waals surface area (Å²) in [6.07, 6.45) is 1.95. The van der Waals surface area contributed by atoms with Gasteiger partial charge >= 0.3 is 0 Å². The number of aryl methyl sites for hydroxylation is 1. The lowest BCUT2D eigenvalue weighted by molar-refractivity contribution is 0.0665. The van der Waals surface area contributed by atoms with Crippen LogP contribution in [0.25, 0.3) is 5.69 Å². The molecule has 0 unspecified atom stereocenters. The first-order chi connectivity index (χ1) is 13.1. The number of rotatable bonds is 3. The number of carbonyl (C=O) groups is 1. The van der Waals surface area contributed by atoms with Gasteiger partial charge in [-0.15, -0.1) is 0 Å². The molecule has 136 valence electrons. The van der Waals surface area contributed by atoms with Crippen LogP contribution in [-0.2, 0) is 0 Å². The second-order valence-electron chi connectivity index (χ2n) is 7.37. The highest BCUT2D eigenvalue weighted by Crippen LogP contribution is 2.42. The fraction of sp³-hybridized carbons (Fsp3) is 0.273. The maximum absolute atomic E-state index is 13.2. The quantitative estimate of drug-likeness (QED) is 0.763. The van der Waals surface area contributed by atoms with Gasteiger partial charge in [-0.1, -0.05) is 30.3 Å². The van der Waals surface area contributed by atoms with Crippen molar-refractivity contribution in [1.29, 1.82) is 0 Å². The zero-order valence-electron chi connectivity index (χ0n) is 15.5. The van der Waals surface area contributed by atoms with E-state index in [0.717, 1.165) is 46.7 Å². The Labute approximate surface area is 158 Å². The molecule has 2 aliphatic rings. The molecule has 1 N–H and O–H groups in total. The molecule has 1 aliphatic heterocycles. The van der Waals surface area contributed by atoms with E-state index >= 15 is 0 Å². The Balaban J connectivity index is 1.63. The van der Waals surface area contributed by atoms with Crippen LogP contribution in [0.4, 0.5) is 5.69 Å². The Hall–Kier alpha value is -3.08. The van der Waals surface area contributed by atoms with Gasteiger partial charge in [0.15, 0.2) is 0 Å². The SMILES string of the molecule is Cc1nn(-c2ccccc2)c(C)c1[C@H]1Nc2ccccc2C(=O)N1C1CC1. The molecule has 5 heteroatoms. The summed E-state index contributed by atoms with van der Waals surface area (Å²) in [7, 11) is 0. The molecule has 0 radical (unpaired) electrons. The molecular formula is C22H22N4O. The fourth-order valence-corrected chi connectivity index (χ4v) is 4.08. The Bertz CT molecular complexity index is 1020. The molecular weight excluding hydrogens is 336 g/mol. The molecule has 1 atom stereocenters. The first-order valence-electron chi connectivity index (χ1n) is 9.45. The average molecular weight is 358 g/mol. The minimum absolute atomic E-state index is 0.114. The molecule has 1 amide bonds. The summed E-state index contributed by atoms with van der Waals surface area (Å²) in [6.45, 7) is 4.11. The van der Waals surface area contributed by atoms with Crippen LogP contribution in [0.1, 0.15) is 46.3 Å². The van der Waals surface area contributed by atoms with E-state index in [1.807, 2.05) is 59.0 Å². The Morgan fingerprint density at radius 3 is 2.44 bits per heavy atom. The first-order valence-corrected chi connectivity index (χ1v) is 9.45. The Morgan fingerprint density at radius 2 is 1.70 bits per heavy atom. The van der Waals surface area contributed by atoms with Gasteiger partial charge in [0, 0.05) is 23.0 Å². The molecule has 0 saturated heterocycles. The number of para-hydroxylation sites is 2. The van der Waals surface area contributed by atoms with Crippen molar-refractivity contribution in [3.05, 3.63) is 77.1 Å². The molecule has 27 heavy (non-hydrogen) atoms. The van der Waals surface area contributed by atoms with Crippen LogP contribution in [0.5, 0.6) is 0 Å². The normalized spacial score (nSPS) is 19.0. The van der Waals surface area contributed by atoms with Crippen LogP contribution in [0.15, 0.2) is 54.6 Å². The number of anilines is 1. The van der Waals surface area contributed by atoms with E-state index in [9.17, 15) is 4.79 Å². The second kappa shape index (κ2) is 5.98. The van der Waals surface area contributed by atoms with Gasteiger partial charge in [0.25, 0.3) is 5.91 Å². The van der Waals surface area contributed by atoms with E-state index in [0.29, 0.717) is 6.04 Å². The number of fused-ring (bicyclic) bond motifs is 1. The van der Waals surface area contributed by atoms with E-state index in [1.165, 1.54) is 0 Å². The van der Waals surface area contributed by atoms with Crippen molar-refractivity contribution in [2.24, 2.45) is 0 Å². The topological polar surface area (TPSA) is 50.2 Å². The van der Waals surface area contributed by atoms with Crippen molar-refractivity contribution >= 4 is 11.6 Å². The summed E-state index contributed by atoms with van der Waals surface area (Å²) in [6, 6.07) is 18.2. The summed E-state index contributed by atoms with van der Waals surface area (Å²) in [5, 5.41) is 8.40. The van der Waals surface area contributed by atoms with Gasteiger partial charge in [-0.2, -0.15) is 5.10 Å². The van der Waals surface area contributed by atoms with Crippen LogP contribution in [0.2, 0.25) is 0 Å². The molecule has 2 aromatic carbocycles. The minimum atomic E-state index is -0.183. The number of hydrogen-bond acceptors (Lipinski definition) is 3. The standard InChI is InChI=1S/C22H22N4O/c1-14-20(15(2)26(24-14)17-8-4-3-5-9-17)21-23-19-11-7-6-10-18(19)22(27)25(21)16-12-13-16/h3-11,16,21,23H,12-13H2,1-2H3/t21-/m0/s1. The Morgan fingerprint density at radius 1 is 1.00 bits per heavy atom. The predicted octanol–water partition coefficient (Wildman–Crippen LogP) is 4.22. The largest absolute Gasteiger partial charge is 0.361 e. The van der Waals surface area contributed by atoms with Crippen molar-refractivity contribution in [1.82, 2.24) is 14.7 Å². The highest BCUT2D eigenvalue weighted by molar-refractivity contribution is 6.02. The van der Waals surface area contributed by atoms with E-state index in [2.05, 4.69) is 24.4 Å². The molecule has 1 fully saturated rings. The number of aromatic nitrogens is 2. The number of hydrogen-bond donors (Lipinski definition) is 1. The molecule has 5 rings (SSSR count). The first kappa shape index (κ1) is 16.1. The van der Waals surface area contributed by atoms with E-state index < -0.39 is 0 Å². The van der Waals surface area contributed by atoms with Crippen molar-refractivity contribution in [3.8, 4) is 5.69 Å². The van der Waals surface area contributed by atoms with Gasteiger partial charge in [-0.25, -0.2) is 4.68 Å². The zero-order valence-corrected chi connectivity index (χ0v) is 15.5. The molecule has 3 aromatic rings. The monoisotopic (exact) mass is 358 g/mol. The van der Waals surface area contributed by atoms with Crippen molar-refractivity contribution in [3.63, 3.8) is 0 Å². The third kappa shape index (κ3) is 2.53. The van der Waals surface area contributed by atoms with E-state index in [4.69, 9.17) is 5.10 Å². The third-order valence-electron chi connectivity index (χ3n) is 5.52. The Kier molecular flexibility index (Phi) is 3.57. The van der Waals surface area contributed by atoms with E-state index in [1.54, 1.807) is 0 Å². The zero-order chi connectivity index (χ0) is 18.5. The molecule has 1 aromatic heterocycles. The summed E-state index contributed by atoms with van der Waals surface area (Å²) in [4.78, 5) is 15.3. The average Bonchev–Trinajstić information content (AvgIpc) is 3.47. The third-order valence-corrected chi connectivity index (χ3v) is 5.52. The highest BCUT2D eigenvalue weighted by atomic mass is 16.2. The molecule has 1 aliphatic carbocycles. The van der Waals surface area contributed by atoms with Crippen LogP contribution >= 0.6 is 0 Å². The molecule has 5 nitrogen and oxygen atoms in total. The van der Waals surface area contributed by atoms with Crippen LogP contribution < -0.4 is 5.32 Å². The number of nitrogens with zero attached hydrogens (tertiary/aromatic N) is 3. The maximum atomic E-state index is 13.2. The van der Waals surface area contributed by atoms with Gasteiger partial charge < -0.3 is 10.2 Å². The predicted molar refractivity (Wildman–Crippen MR) is 105 cm³/mol. The van der Waals surface area contributed by atoms with Gasteiger partial charge in [-0.05, 0) is 51.0 Å². The van der Waals surface area contributed by atoms with Crippen LogP contribution in [0, 0.1) is 13.8 Å². The lowest BCUT2D eigenvalue weighted by Gasteiger charge is -2.38. The number of nitrogens with one attached hydrogen (secondary N) is 1. The molecule has 0 spiro atoms. The summed E-state index contributed by atoms with van der Waals surface area (Å²) in [5.74, 6) is 0.114. The summed E-state index contributed by atoms with van der Waals surface area (Å²) in [5.41, 5.74) is 5.79. The van der Waals surface area contributed by atoms with Crippen molar-refractivity contribution in [2.75, 3.05) is 5.32 Å². The molecule has 0 bridgehead atoms. The number of amides is 1. The van der Waals surface area contributed by atoms with E-state index in [-0.39, 0.29) is 12.1 Å². The maximum Gasteiger partial charge on any atom is 0.258 e. The number of carbonyl (C=O) groups excluding carboxylic acids is 1.